The van der Waals surface area contributed by atoms with Gasteiger partial charge in [-0.3, -0.25) is 9.59 Å². The molecule has 2 heterocycles. The Bertz CT molecular complexity index is 341. The Morgan fingerprint density at radius 2 is 2.05 bits per heavy atom. The van der Waals surface area contributed by atoms with Crippen molar-refractivity contribution in [2.75, 3.05) is 19.7 Å². The van der Waals surface area contributed by atoms with Crippen molar-refractivity contribution in [1.29, 1.82) is 0 Å². The maximum atomic E-state index is 12.2. The lowest BCUT2D eigenvalue weighted by atomic mass is 9.75. The molecular formula is C14H23NO4. The van der Waals surface area contributed by atoms with Crippen LogP contribution in [-0.2, 0) is 14.3 Å². The molecule has 1 amide bonds. The summed E-state index contributed by atoms with van der Waals surface area (Å²) in [6.07, 6.45) is 4.15. The van der Waals surface area contributed by atoms with Gasteiger partial charge in [-0.25, -0.2) is 0 Å². The third-order valence-electron chi connectivity index (χ3n) is 4.42. The molecule has 0 aromatic carbocycles. The molecule has 5 heteroatoms. The number of carboxylic acids is 1. The van der Waals surface area contributed by atoms with Crippen LogP contribution in [0, 0.1) is 5.41 Å². The Kier molecular flexibility index (Phi) is 4.45. The molecule has 2 saturated heterocycles. The van der Waals surface area contributed by atoms with Crippen LogP contribution in [-0.4, -0.2) is 47.7 Å². The molecule has 2 aliphatic heterocycles. The first-order chi connectivity index (χ1) is 9.09. The van der Waals surface area contributed by atoms with Crippen LogP contribution in [0.25, 0.3) is 0 Å². The smallest absolute Gasteiger partial charge is 0.309 e. The Hall–Kier alpha value is -1.10. The SMILES string of the molecule is CCCC1(C(=O)O)CCN(C(=O)C2CCCO2)CC1. The summed E-state index contributed by atoms with van der Waals surface area (Å²) in [4.78, 5) is 25.4. The number of rotatable bonds is 4. The third kappa shape index (κ3) is 2.91. The van der Waals surface area contributed by atoms with Crippen LogP contribution >= 0.6 is 0 Å². The van der Waals surface area contributed by atoms with Gasteiger partial charge in [0.15, 0.2) is 0 Å². The largest absolute Gasteiger partial charge is 0.481 e. The van der Waals surface area contributed by atoms with Gasteiger partial charge in [0.2, 0.25) is 0 Å². The zero-order valence-corrected chi connectivity index (χ0v) is 11.6. The second-order valence-corrected chi connectivity index (χ2v) is 5.66. The van der Waals surface area contributed by atoms with Gasteiger partial charge in [-0.2, -0.15) is 0 Å². The molecule has 19 heavy (non-hydrogen) atoms. The van der Waals surface area contributed by atoms with Crippen molar-refractivity contribution in [3.63, 3.8) is 0 Å². The maximum Gasteiger partial charge on any atom is 0.309 e. The van der Waals surface area contributed by atoms with Gasteiger partial charge in [0.05, 0.1) is 5.41 Å². The summed E-state index contributed by atoms with van der Waals surface area (Å²) in [5, 5.41) is 9.43. The standard InChI is InChI=1S/C14H23NO4/c1-2-5-14(13(17)18)6-8-15(9-7-14)12(16)11-4-3-10-19-11/h11H,2-10H2,1H3,(H,17,18). The van der Waals surface area contributed by atoms with Crippen molar-refractivity contribution < 1.29 is 19.4 Å². The van der Waals surface area contributed by atoms with Crippen molar-refractivity contribution >= 4 is 11.9 Å². The molecular weight excluding hydrogens is 246 g/mol. The van der Waals surface area contributed by atoms with Crippen molar-refractivity contribution in [2.24, 2.45) is 5.41 Å². The van der Waals surface area contributed by atoms with Crippen LogP contribution in [0.3, 0.4) is 0 Å². The van der Waals surface area contributed by atoms with Gasteiger partial charge in [-0.15, -0.1) is 0 Å². The quantitative estimate of drug-likeness (QED) is 0.843. The number of piperidine rings is 1. The van der Waals surface area contributed by atoms with E-state index in [1.807, 2.05) is 6.92 Å². The minimum atomic E-state index is -0.710. The van der Waals surface area contributed by atoms with Crippen molar-refractivity contribution in [2.45, 2.75) is 51.6 Å². The highest BCUT2D eigenvalue weighted by Crippen LogP contribution is 2.37. The van der Waals surface area contributed by atoms with Crippen LogP contribution in [0.4, 0.5) is 0 Å². The molecule has 0 aliphatic carbocycles. The van der Waals surface area contributed by atoms with E-state index in [1.165, 1.54) is 0 Å². The van der Waals surface area contributed by atoms with Gasteiger partial charge < -0.3 is 14.7 Å². The molecule has 2 aliphatic rings. The summed E-state index contributed by atoms with van der Waals surface area (Å²) in [5.74, 6) is -0.661. The monoisotopic (exact) mass is 269 g/mol. The summed E-state index contributed by atoms with van der Waals surface area (Å²) in [5.41, 5.74) is -0.623. The van der Waals surface area contributed by atoms with E-state index in [9.17, 15) is 14.7 Å². The van der Waals surface area contributed by atoms with Crippen LogP contribution < -0.4 is 0 Å². The van der Waals surface area contributed by atoms with Gasteiger partial charge in [0.1, 0.15) is 6.10 Å². The summed E-state index contributed by atoms with van der Waals surface area (Å²) in [6, 6.07) is 0. The molecule has 1 atom stereocenters. The second kappa shape index (κ2) is 5.90. The number of amides is 1. The number of hydrogen-bond donors (Lipinski definition) is 1. The van der Waals surface area contributed by atoms with E-state index in [0.29, 0.717) is 39.0 Å². The number of ether oxygens (including phenoxy) is 1. The highest BCUT2D eigenvalue weighted by Gasteiger charge is 2.42. The Morgan fingerprint density at radius 3 is 2.53 bits per heavy atom. The first-order valence-electron chi connectivity index (χ1n) is 7.23. The van der Waals surface area contributed by atoms with E-state index in [0.717, 1.165) is 19.3 Å². The molecule has 0 spiro atoms. The van der Waals surface area contributed by atoms with Gasteiger partial charge >= 0.3 is 5.97 Å². The van der Waals surface area contributed by atoms with Crippen molar-refractivity contribution in [3.05, 3.63) is 0 Å². The van der Waals surface area contributed by atoms with Crippen LogP contribution in [0.15, 0.2) is 0 Å². The van der Waals surface area contributed by atoms with E-state index in [-0.39, 0.29) is 12.0 Å². The van der Waals surface area contributed by atoms with E-state index < -0.39 is 11.4 Å². The molecule has 0 aromatic heterocycles. The van der Waals surface area contributed by atoms with Crippen LogP contribution in [0.2, 0.25) is 0 Å². The predicted octanol–water partition coefficient (Wildman–Crippen LogP) is 1.66. The average molecular weight is 269 g/mol. The number of nitrogens with zero attached hydrogens (tertiary/aromatic N) is 1. The molecule has 0 aromatic rings. The van der Waals surface area contributed by atoms with E-state index >= 15 is 0 Å². The Morgan fingerprint density at radius 1 is 1.37 bits per heavy atom. The van der Waals surface area contributed by atoms with Crippen LogP contribution in [0.1, 0.15) is 45.4 Å². The zero-order valence-electron chi connectivity index (χ0n) is 11.6. The summed E-state index contributed by atoms with van der Waals surface area (Å²) in [6.45, 7) is 3.77. The van der Waals surface area contributed by atoms with Crippen molar-refractivity contribution in [3.8, 4) is 0 Å². The molecule has 2 rings (SSSR count). The lowest BCUT2D eigenvalue weighted by Gasteiger charge is -2.39. The number of aliphatic carboxylic acids is 1. The number of carboxylic acid groups (broad SMARTS) is 1. The first kappa shape index (κ1) is 14.3. The minimum Gasteiger partial charge on any atom is -0.481 e. The Labute approximate surface area is 113 Å². The zero-order chi connectivity index (χ0) is 13.9. The molecule has 1 unspecified atom stereocenters. The van der Waals surface area contributed by atoms with Gasteiger partial charge in [0, 0.05) is 19.7 Å². The number of hydrogen-bond acceptors (Lipinski definition) is 3. The molecule has 2 fully saturated rings. The fourth-order valence-corrected chi connectivity index (χ4v) is 3.18. The highest BCUT2D eigenvalue weighted by atomic mass is 16.5. The average Bonchev–Trinajstić information content (AvgIpc) is 2.93. The number of carbonyl (C=O) groups is 2. The van der Waals surface area contributed by atoms with Gasteiger partial charge in [-0.1, -0.05) is 13.3 Å². The number of carbonyl (C=O) groups excluding carboxylic acids is 1. The normalized spacial score (nSPS) is 26.4. The predicted molar refractivity (Wildman–Crippen MR) is 69.8 cm³/mol. The number of likely N-dealkylation sites (tertiary alicyclic amines) is 1. The van der Waals surface area contributed by atoms with Crippen molar-refractivity contribution in [1.82, 2.24) is 4.90 Å². The summed E-state index contributed by atoms with van der Waals surface area (Å²) in [7, 11) is 0. The fraction of sp³-hybridized carbons (Fsp3) is 0.857. The molecule has 5 nitrogen and oxygen atoms in total. The first-order valence-corrected chi connectivity index (χ1v) is 7.23. The molecule has 0 bridgehead atoms. The van der Waals surface area contributed by atoms with E-state index in [1.54, 1.807) is 4.90 Å². The lowest BCUT2D eigenvalue weighted by molar-refractivity contribution is -0.156. The molecule has 0 radical (unpaired) electrons. The molecule has 1 N–H and O–H groups in total. The fourth-order valence-electron chi connectivity index (χ4n) is 3.18. The molecule has 0 saturated carbocycles. The van der Waals surface area contributed by atoms with Crippen LogP contribution in [0.5, 0.6) is 0 Å². The topological polar surface area (TPSA) is 66.8 Å². The lowest BCUT2D eigenvalue weighted by Crippen LogP contribution is -2.49. The second-order valence-electron chi connectivity index (χ2n) is 5.66. The minimum absolute atomic E-state index is 0.0491. The van der Waals surface area contributed by atoms with E-state index in [4.69, 9.17) is 4.74 Å². The summed E-state index contributed by atoms with van der Waals surface area (Å²) < 4.78 is 5.41. The van der Waals surface area contributed by atoms with Gasteiger partial charge in [0.25, 0.3) is 5.91 Å². The maximum absolute atomic E-state index is 12.2. The third-order valence-corrected chi connectivity index (χ3v) is 4.42. The summed E-state index contributed by atoms with van der Waals surface area (Å²) >= 11 is 0. The van der Waals surface area contributed by atoms with Gasteiger partial charge in [-0.05, 0) is 32.1 Å². The molecule has 108 valence electrons. The Balaban J connectivity index is 1.93. The highest BCUT2D eigenvalue weighted by molar-refractivity contribution is 5.82. The van der Waals surface area contributed by atoms with E-state index in [2.05, 4.69) is 0 Å².